The van der Waals surface area contributed by atoms with Gasteiger partial charge < -0.3 is 10.1 Å². The lowest BCUT2D eigenvalue weighted by Gasteiger charge is -2.18. The van der Waals surface area contributed by atoms with Crippen molar-refractivity contribution in [3.63, 3.8) is 0 Å². The lowest BCUT2D eigenvalue weighted by atomic mass is 9.98. The molecule has 1 atom stereocenters. The number of esters is 1. The first-order valence-electron chi connectivity index (χ1n) is 9.59. The summed E-state index contributed by atoms with van der Waals surface area (Å²) in [6.07, 6.45) is -1.08. The summed E-state index contributed by atoms with van der Waals surface area (Å²) >= 11 is 0. The SMILES string of the molecule is CC(=O)Nc1cccc(C(=O)O[C@H](C(=O)c2ccc(C)cc2)c2ccc(C)cc2)c1. The summed E-state index contributed by atoms with van der Waals surface area (Å²) in [5.74, 6) is -1.19. The number of benzene rings is 3. The van der Waals surface area contributed by atoms with Crippen LogP contribution in [0.15, 0.2) is 72.8 Å². The first-order chi connectivity index (χ1) is 14.3. The van der Waals surface area contributed by atoms with Gasteiger partial charge in [-0.1, -0.05) is 65.7 Å². The number of hydrogen-bond acceptors (Lipinski definition) is 4. The number of ketones is 1. The van der Waals surface area contributed by atoms with Crippen LogP contribution in [-0.2, 0) is 9.53 Å². The fraction of sp³-hybridized carbons (Fsp3) is 0.160. The fourth-order valence-electron chi connectivity index (χ4n) is 2.99. The molecule has 0 saturated carbocycles. The van der Waals surface area contributed by atoms with Gasteiger partial charge in [-0.2, -0.15) is 0 Å². The van der Waals surface area contributed by atoms with E-state index < -0.39 is 12.1 Å². The van der Waals surface area contributed by atoms with Crippen LogP contribution < -0.4 is 5.32 Å². The predicted molar refractivity (Wildman–Crippen MR) is 116 cm³/mol. The molecule has 5 heteroatoms. The average Bonchev–Trinajstić information content (AvgIpc) is 2.72. The zero-order chi connectivity index (χ0) is 21.7. The Hall–Kier alpha value is -3.73. The zero-order valence-corrected chi connectivity index (χ0v) is 17.1. The van der Waals surface area contributed by atoms with Crippen LogP contribution in [0.4, 0.5) is 5.69 Å². The summed E-state index contributed by atoms with van der Waals surface area (Å²) in [5.41, 5.74) is 3.85. The van der Waals surface area contributed by atoms with E-state index in [1.54, 1.807) is 42.5 Å². The van der Waals surface area contributed by atoms with Gasteiger partial charge in [0.2, 0.25) is 11.7 Å². The summed E-state index contributed by atoms with van der Waals surface area (Å²) in [5, 5.41) is 2.63. The molecule has 3 aromatic carbocycles. The lowest BCUT2D eigenvalue weighted by Crippen LogP contribution is -2.20. The summed E-state index contributed by atoms with van der Waals surface area (Å²) in [6.45, 7) is 5.27. The van der Waals surface area contributed by atoms with Gasteiger partial charge in [0.05, 0.1) is 5.56 Å². The number of ether oxygens (including phenoxy) is 1. The molecule has 0 saturated heterocycles. The van der Waals surface area contributed by atoms with Crippen LogP contribution in [0.1, 0.15) is 50.4 Å². The molecule has 0 heterocycles. The Morgan fingerprint density at radius 3 is 2.00 bits per heavy atom. The van der Waals surface area contributed by atoms with Crippen LogP contribution in [-0.4, -0.2) is 17.7 Å². The molecule has 0 unspecified atom stereocenters. The van der Waals surface area contributed by atoms with Gasteiger partial charge in [0.1, 0.15) is 0 Å². The van der Waals surface area contributed by atoms with E-state index in [-0.39, 0.29) is 17.3 Å². The Morgan fingerprint density at radius 2 is 1.40 bits per heavy atom. The van der Waals surface area contributed by atoms with E-state index in [0.29, 0.717) is 16.8 Å². The summed E-state index contributed by atoms with van der Waals surface area (Å²) < 4.78 is 5.67. The van der Waals surface area contributed by atoms with Crippen molar-refractivity contribution in [2.75, 3.05) is 5.32 Å². The van der Waals surface area contributed by atoms with Crippen molar-refractivity contribution in [1.82, 2.24) is 0 Å². The molecule has 1 N–H and O–H groups in total. The number of aryl methyl sites for hydroxylation is 2. The molecule has 5 nitrogen and oxygen atoms in total. The van der Waals surface area contributed by atoms with Crippen molar-refractivity contribution in [1.29, 1.82) is 0 Å². The number of carbonyl (C=O) groups is 3. The second-order valence-electron chi connectivity index (χ2n) is 7.19. The summed E-state index contributed by atoms with van der Waals surface area (Å²) in [4.78, 5) is 37.3. The van der Waals surface area contributed by atoms with E-state index in [9.17, 15) is 14.4 Å². The Morgan fingerprint density at radius 1 is 0.800 bits per heavy atom. The molecule has 3 aromatic rings. The van der Waals surface area contributed by atoms with E-state index in [1.165, 1.54) is 13.0 Å². The van der Waals surface area contributed by atoms with Crippen molar-refractivity contribution < 1.29 is 19.1 Å². The third-order valence-electron chi connectivity index (χ3n) is 4.60. The van der Waals surface area contributed by atoms with Crippen molar-refractivity contribution in [2.45, 2.75) is 26.9 Å². The van der Waals surface area contributed by atoms with Crippen LogP contribution in [0.3, 0.4) is 0 Å². The Labute approximate surface area is 175 Å². The van der Waals surface area contributed by atoms with E-state index in [2.05, 4.69) is 5.32 Å². The van der Waals surface area contributed by atoms with Crippen LogP contribution in [0.5, 0.6) is 0 Å². The molecule has 0 aliphatic rings. The highest BCUT2D eigenvalue weighted by Crippen LogP contribution is 2.25. The van der Waals surface area contributed by atoms with E-state index in [0.717, 1.165) is 11.1 Å². The number of Topliss-reactive ketones (excluding diaryl/α,β-unsaturated/α-hetero) is 1. The molecule has 3 rings (SSSR count). The molecule has 30 heavy (non-hydrogen) atoms. The average molecular weight is 401 g/mol. The second-order valence-corrected chi connectivity index (χ2v) is 7.19. The minimum atomic E-state index is -1.08. The van der Waals surface area contributed by atoms with E-state index in [4.69, 9.17) is 4.74 Å². The highest BCUT2D eigenvalue weighted by molar-refractivity contribution is 6.02. The molecule has 152 valence electrons. The van der Waals surface area contributed by atoms with Crippen LogP contribution in [0, 0.1) is 13.8 Å². The van der Waals surface area contributed by atoms with E-state index >= 15 is 0 Å². The van der Waals surface area contributed by atoms with Gasteiger partial charge in [-0.3, -0.25) is 9.59 Å². The Balaban J connectivity index is 1.91. The topological polar surface area (TPSA) is 72.5 Å². The van der Waals surface area contributed by atoms with Crippen molar-refractivity contribution >= 4 is 23.3 Å². The molecule has 0 spiro atoms. The van der Waals surface area contributed by atoms with Gasteiger partial charge in [0.25, 0.3) is 0 Å². The quantitative estimate of drug-likeness (QED) is 0.464. The minimum Gasteiger partial charge on any atom is -0.445 e. The monoisotopic (exact) mass is 401 g/mol. The lowest BCUT2D eigenvalue weighted by molar-refractivity contribution is -0.114. The highest BCUT2D eigenvalue weighted by Gasteiger charge is 2.27. The van der Waals surface area contributed by atoms with Crippen LogP contribution in [0.2, 0.25) is 0 Å². The molecular formula is C25H23NO4. The molecule has 0 aromatic heterocycles. The molecule has 0 bridgehead atoms. The minimum absolute atomic E-state index is 0.243. The van der Waals surface area contributed by atoms with Gasteiger partial charge >= 0.3 is 5.97 Å². The van der Waals surface area contributed by atoms with Crippen molar-refractivity contribution in [3.05, 3.63) is 101 Å². The van der Waals surface area contributed by atoms with Gasteiger partial charge in [0.15, 0.2) is 6.10 Å². The normalized spacial score (nSPS) is 11.4. The first-order valence-corrected chi connectivity index (χ1v) is 9.59. The third-order valence-corrected chi connectivity index (χ3v) is 4.60. The molecule has 0 radical (unpaired) electrons. The third kappa shape index (κ3) is 5.20. The Kier molecular flexibility index (Phi) is 6.42. The molecule has 0 aliphatic heterocycles. The van der Waals surface area contributed by atoms with E-state index in [1.807, 2.05) is 38.1 Å². The van der Waals surface area contributed by atoms with Gasteiger partial charge in [-0.05, 0) is 32.0 Å². The predicted octanol–water partition coefficient (Wildman–Crippen LogP) is 5.04. The van der Waals surface area contributed by atoms with Crippen LogP contribution in [0.25, 0.3) is 0 Å². The summed E-state index contributed by atoms with van der Waals surface area (Å²) in [6, 6.07) is 20.9. The number of hydrogen-bond donors (Lipinski definition) is 1. The highest BCUT2D eigenvalue weighted by atomic mass is 16.5. The maximum atomic E-state index is 13.2. The van der Waals surface area contributed by atoms with Gasteiger partial charge in [-0.25, -0.2) is 4.79 Å². The number of amides is 1. The fourth-order valence-corrected chi connectivity index (χ4v) is 2.99. The largest absolute Gasteiger partial charge is 0.445 e. The second kappa shape index (κ2) is 9.18. The van der Waals surface area contributed by atoms with Crippen LogP contribution >= 0.6 is 0 Å². The number of anilines is 1. The number of carbonyl (C=O) groups excluding carboxylic acids is 3. The maximum Gasteiger partial charge on any atom is 0.339 e. The molecule has 0 aliphatic carbocycles. The van der Waals surface area contributed by atoms with Gasteiger partial charge in [-0.15, -0.1) is 0 Å². The standard InChI is InChI=1S/C25H23NO4/c1-16-7-11-19(12-8-16)23(28)24(20-13-9-17(2)10-14-20)30-25(29)21-5-4-6-22(15-21)26-18(3)27/h4-15,24H,1-3H3,(H,26,27)/t24-/m0/s1. The number of nitrogens with one attached hydrogen (secondary N) is 1. The maximum absolute atomic E-state index is 13.2. The summed E-state index contributed by atoms with van der Waals surface area (Å²) in [7, 11) is 0. The first kappa shape index (κ1) is 21.0. The Bertz CT molecular complexity index is 1070. The van der Waals surface area contributed by atoms with Crippen molar-refractivity contribution in [3.8, 4) is 0 Å². The van der Waals surface area contributed by atoms with Gasteiger partial charge in [0, 0.05) is 23.7 Å². The zero-order valence-electron chi connectivity index (χ0n) is 17.1. The smallest absolute Gasteiger partial charge is 0.339 e. The number of rotatable bonds is 6. The van der Waals surface area contributed by atoms with Crippen molar-refractivity contribution in [2.24, 2.45) is 0 Å². The molecule has 0 fully saturated rings. The molecular weight excluding hydrogens is 378 g/mol. The molecule has 1 amide bonds.